The highest BCUT2D eigenvalue weighted by atomic mass is 16.7. The van der Waals surface area contributed by atoms with Crippen LogP contribution in [0.25, 0.3) is 0 Å². The number of rotatable bonds is 7. The van der Waals surface area contributed by atoms with Gasteiger partial charge in [-0.15, -0.1) is 0 Å². The van der Waals surface area contributed by atoms with Crippen molar-refractivity contribution in [3.8, 4) is 0 Å². The number of ether oxygens (including phenoxy) is 2. The van der Waals surface area contributed by atoms with Crippen LogP contribution >= 0.6 is 0 Å². The lowest BCUT2D eigenvalue weighted by Crippen LogP contribution is -2.26. The Morgan fingerprint density at radius 3 is 2.86 bits per heavy atom. The molecule has 1 heterocycles. The maximum Gasteiger partial charge on any atom is 0.158 e. The van der Waals surface area contributed by atoms with Crippen molar-refractivity contribution < 1.29 is 9.47 Å². The van der Waals surface area contributed by atoms with Gasteiger partial charge in [0, 0.05) is 13.2 Å². The maximum absolute atomic E-state index is 5.64. The van der Waals surface area contributed by atoms with Gasteiger partial charge >= 0.3 is 0 Å². The van der Waals surface area contributed by atoms with E-state index in [9.17, 15) is 0 Å². The Kier molecular flexibility index (Phi) is 7.02. The molecule has 0 amide bonds. The molecule has 6 nitrogen and oxygen atoms in total. The first-order valence-corrected chi connectivity index (χ1v) is 7.59. The molecule has 1 saturated heterocycles. The molecule has 1 aromatic rings. The average Bonchev–Trinajstić information content (AvgIpc) is 2.57. The second-order valence-corrected chi connectivity index (χ2v) is 5.18. The third-order valence-corrected chi connectivity index (χ3v) is 3.40. The van der Waals surface area contributed by atoms with Crippen molar-refractivity contribution in [1.82, 2.24) is 5.32 Å². The number of nitrogens with one attached hydrogen (secondary N) is 1. The summed E-state index contributed by atoms with van der Waals surface area (Å²) in [6.07, 6.45) is 4.63. The molecule has 6 heteroatoms. The Labute approximate surface area is 131 Å². The molecule has 0 spiro atoms. The third-order valence-electron chi connectivity index (χ3n) is 3.40. The van der Waals surface area contributed by atoms with Gasteiger partial charge in [-0.3, -0.25) is 4.99 Å². The molecule has 0 radical (unpaired) electrons. The zero-order valence-electron chi connectivity index (χ0n) is 13.0. The van der Waals surface area contributed by atoms with Crippen LogP contribution in [0.1, 0.15) is 24.8 Å². The molecule has 3 N–H and O–H groups in total. The van der Waals surface area contributed by atoms with Crippen molar-refractivity contribution in [3.05, 3.63) is 29.8 Å². The monoisotopic (exact) mass is 304 g/mol. The second-order valence-electron chi connectivity index (χ2n) is 5.18. The smallest absolute Gasteiger partial charge is 0.158 e. The zero-order valence-corrected chi connectivity index (χ0v) is 13.0. The highest BCUT2D eigenvalue weighted by Gasteiger charge is 2.14. The molecule has 1 aliphatic rings. The van der Waals surface area contributed by atoms with E-state index in [4.69, 9.17) is 15.3 Å². The molecule has 1 aliphatic heterocycles. The first-order valence-electron chi connectivity index (χ1n) is 7.59. The minimum Gasteiger partial charge on any atom is -0.353 e. The van der Waals surface area contributed by atoms with E-state index in [1.54, 1.807) is 6.21 Å². The quantitative estimate of drug-likeness (QED) is 0.458. The van der Waals surface area contributed by atoms with Crippen molar-refractivity contribution in [2.24, 2.45) is 15.9 Å². The lowest BCUT2D eigenvalue weighted by molar-refractivity contribution is -0.152. The summed E-state index contributed by atoms with van der Waals surface area (Å²) in [5, 5.41) is 6.82. The summed E-state index contributed by atoms with van der Waals surface area (Å²) >= 11 is 0. The molecule has 0 bridgehead atoms. The van der Waals surface area contributed by atoms with Crippen LogP contribution in [0.5, 0.6) is 0 Å². The largest absolute Gasteiger partial charge is 0.353 e. The lowest BCUT2D eigenvalue weighted by Gasteiger charge is -2.22. The summed E-state index contributed by atoms with van der Waals surface area (Å²) in [7, 11) is 1.92. The standard InChI is InChI=1S/C16H24N4O2/c1-18-10-13-5-7-14(8-6-13)19-11-15(20-17)12-22-16-4-2-3-9-21-16/h5-8,11,16,18H,2-4,9-10,12,17H2,1H3/b19-11?,20-15+. The van der Waals surface area contributed by atoms with Gasteiger partial charge in [-0.05, 0) is 44.0 Å². The average molecular weight is 304 g/mol. The van der Waals surface area contributed by atoms with E-state index in [2.05, 4.69) is 15.4 Å². The molecule has 22 heavy (non-hydrogen) atoms. The molecule has 0 saturated carbocycles. The van der Waals surface area contributed by atoms with Crippen LogP contribution in [0.15, 0.2) is 34.4 Å². The molecule has 0 aliphatic carbocycles. The van der Waals surface area contributed by atoms with Gasteiger partial charge in [-0.2, -0.15) is 5.10 Å². The van der Waals surface area contributed by atoms with E-state index in [0.717, 1.165) is 38.1 Å². The first-order chi connectivity index (χ1) is 10.8. The zero-order chi connectivity index (χ0) is 15.6. The van der Waals surface area contributed by atoms with Crippen LogP contribution in [0.2, 0.25) is 0 Å². The van der Waals surface area contributed by atoms with Crippen molar-refractivity contribution in [2.45, 2.75) is 32.1 Å². The second kappa shape index (κ2) is 9.30. The Bertz CT molecular complexity index is 493. The normalized spacial score (nSPS) is 19.7. The van der Waals surface area contributed by atoms with Gasteiger partial charge in [-0.1, -0.05) is 12.1 Å². The van der Waals surface area contributed by atoms with Crippen LogP contribution in [-0.2, 0) is 16.0 Å². The number of hydrogen-bond acceptors (Lipinski definition) is 6. The van der Waals surface area contributed by atoms with Crippen LogP contribution in [0.4, 0.5) is 5.69 Å². The fourth-order valence-electron chi connectivity index (χ4n) is 2.18. The summed E-state index contributed by atoms with van der Waals surface area (Å²) in [4.78, 5) is 4.37. The molecule has 1 fully saturated rings. The number of hydrogen-bond donors (Lipinski definition) is 2. The Hall–Kier alpha value is -1.76. The van der Waals surface area contributed by atoms with Crippen LogP contribution in [0.3, 0.4) is 0 Å². The van der Waals surface area contributed by atoms with Gasteiger partial charge in [0.1, 0.15) is 5.71 Å². The first kappa shape index (κ1) is 16.6. The summed E-state index contributed by atoms with van der Waals surface area (Å²) in [6.45, 7) is 1.91. The predicted molar refractivity (Wildman–Crippen MR) is 88.5 cm³/mol. The van der Waals surface area contributed by atoms with Gasteiger partial charge < -0.3 is 20.6 Å². The summed E-state index contributed by atoms with van der Waals surface area (Å²) in [6, 6.07) is 7.99. The maximum atomic E-state index is 5.64. The molecule has 1 unspecified atom stereocenters. The third kappa shape index (κ3) is 5.55. The molecule has 1 atom stereocenters. The van der Waals surface area contributed by atoms with E-state index in [1.165, 1.54) is 5.56 Å². The van der Waals surface area contributed by atoms with Crippen LogP contribution < -0.4 is 11.2 Å². The van der Waals surface area contributed by atoms with Crippen LogP contribution in [-0.4, -0.2) is 38.5 Å². The van der Waals surface area contributed by atoms with Crippen molar-refractivity contribution in [1.29, 1.82) is 0 Å². The molecule has 0 aromatic heterocycles. The lowest BCUT2D eigenvalue weighted by atomic mass is 10.2. The molecule has 2 rings (SSSR count). The number of nitrogens with zero attached hydrogens (tertiary/aromatic N) is 2. The minimum absolute atomic E-state index is 0.153. The number of nitrogens with two attached hydrogens (primary N) is 1. The highest BCUT2D eigenvalue weighted by Crippen LogP contribution is 2.14. The van der Waals surface area contributed by atoms with Gasteiger partial charge in [0.05, 0.1) is 18.5 Å². The van der Waals surface area contributed by atoms with E-state index >= 15 is 0 Å². The summed E-state index contributed by atoms with van der Waals surface area (Å²) < 4.78 is 11.1. The Morgan fingerprint density at radius 1 is 1.41 bits per heavy atom. The Morgan fingerprint density at radius 2 is 2.23 bits per heavy atom. The van der Waals surface area contributed by atoms with E-state index < -0.39 is 0 Å². The Balaban J connectivity index is 1.83. The van der Waals surface area contributed by atoms with Crippen LogP contribution in [0, 0.1) is 0 Å². The van der Waals surface area contributed by atoms with Crippen molar-refractivity contribution in [3.63, 3.8) is 0 Å². The van der Waals surface area contributed by atoms with Gasteiger partial charge in [0.25, 0.3) is 0 Å². The fourth-order valence-corrected chi connectivity index (χ4v) is 2.18. The summed E-state index contributed by atoms with van der Waals surface area (Å²) in [5.41, 5.74) is 2.66. The molecule has 1 aromatic carbocycles. The molecular weight excluding hydrogens is 280 g/mol. The highest BCUT2D eigenvalue weighted by molar-refractivity contribution is 6.31. The van der Waals surface area contributed by atoms with Crippen molar-refractivity contribution >= 4 is 17.6 Å². The molecular formula is C16H24N4O2. The van der Waals surface area contributed by atoms with Gasteiger partial charge in [0.15, 0.2) is 6.29 Å². The van der Waals surface area contributed by atoms with E-state index in [-0.39, 0.29) is 6.29 Å². The number of hydrazone groups is 1. The van der Waals surface area contributed by atoms with E-state index in [0.29, 0.717) is 12.3 Å². The van der Waals surface area contributed by atoms with Gasteiger partial charge in [-0.25, -0.2) is 0 Å². The minimum atomic E-state index is -0.153. The van der Waals surface area contributed by atoms with E-state index in [1.807, 2.05) is 31.3 Å². The summed E-state index contributed by atoms with van der Waals surface area (Å²) in [5.74, 6) is 5.38. The number of benzene rings is 1. The SMILES string of the molecule is CNCc1ccc(N=C/C(COC2CCCCO2)=N\N)cc1. The van der Waals surface area contributed by atoms with Crippen molar-refractivity contribution in [2.75, 3.05) is 20.3 Å². The predicted octanol–water partition coefficient (Wildman–Crippen LogP) is 1.97. The molecule has 120 valence electrons. The number of aliphatic imine (C=N–C) groups is 1. The topological polar surface area (TPSA) is 81.2 Å². The fraction of sp³-hybridized carbons (Fsp3) is 0.500. The van der Waals surface area contributed by atoms with Gasteiger partial charge in [0.2, 0.25) is 0 Å².